The third kappa shape index (κ3) is 2.98. The van der Waals surface area contributed by atoms with E-state index in [2.05, 4.69) is 138 Å². The van der Waals surface area contributed by atoms with E-state index in [1.807, 2.05) is 18.2 Å². The molecule has 6 aromatic rings. The summed E-state index contributed by atoms with van der Waals surface area (Å²) in [6.45, 7) is 0. The van der Waals surface area contributed by atoms with Gasteiger partial charge in [-0.1, -0.05) is 109 Å². The van der Waals surface area contributed by atoms with Crippen LogP contribution in [-0.2, 0) is 5.41 Å². The molecular weight excluding hydrogens is 484 g/mol. The largest absolute Gasteiger partial charge is 0.310 e. The van der Waals surface area contributed by atoms with Crippen molar-refractivity contribution in [3.8, 4) is 28.3 Å². The average Bonchev–Trinajstić information content (AvgIpc) is 3.32. The second-order valence-electron chi connectivity index (χ2n) is 10.5. The second-order valence-corrected chi connectivity index (χ2v) is 10.5. The second kappa shape index (κ2) is 8.56. The minimum absolute atomic E-state index is 0.447. The number of para-hydroxylation sites is 2. The third-order valence-electron chi connectivity index (χ3n) is 8.48. The minimum atomic E-state index is -0.447. The van der Waals surface area contributed by atoms with Crippen molar-refractivity contribution in [1.82, 2.24) is 0 Å². The van der Waals surface area contributed by atoms with Gasteiger partial charge in [0.25, 0.3) is 0 Å². The average molecular weight is 509 g/mol. The molecule has 1 spiro atoms. The van der Waals surface area contributed by atoms with Crippen LogP contribution in [0, 0.1) is 11.3 Å². The lowest BCUT2D eigenvalue weighted by atomic mass is 9.64. The summed E-state index contributed by atoms with van der Waals surface area (Å²) >= 11 is 0. The summed E-state index contributed by atoms with van der Waals surface area (Å²) in [5.41, 5.74) is 13.5. The molecule has 0 radical (unpaired) electrons. The Labute approximate surface area is 234 Å². The van der Waals surface area contributed by atoms with E-state index in [4.69, 9.17) is 0 Å². The SMILES string of the molecule is N#Cc1cccc(-c2ccc3c(c2)N(c2ccccc2)c2ccccc2C32c3ccccc3-c3ccccc32)c1. The number of anilines is 3. The molecule has 0 fully saturated rings. The predicted molar refractivity (Wildman–Crippen MR) is 162 cm³/mol. The Morgan fingerprint density at radius 1 is 0.475 bits per heavy atom. The third-order valence-corrected chi connectivity index (χ3v) is 8.48. The van der Waals surface area contributed by atoms with Gasteiger partial charge in [-0.3, -0.25) is 0 Å². The van der Waals surface area contributed by atoms with E-state index in [0.717, 1.165) is 22.5 Å². The zero-order valence-electron chi connectivity index (χ0n) is 21.8. The van der Waals surface area contributed by atoms with Gasteiger partial charge in [0.15, 0.2) is 0 Å². The fourth-order valence-corrected chi connectivity index (χ4v) is 6.91. The maximum Gasteiger partial charge on any atom is 0.0991 e. The van der Waals surface area contributed by atoms with Gasteiger partial charge in [0.1, 0.15) is 0 Å². The zero-order valence-corrected chi connectivity index (χ0v) is 21.8. The van der Waals surface area contributed by atoms with Crippen LogP contribution in [-0.4, -0.2) is 0 Å². The first-order chi connectivity index (χ1) is 19.8. The van der Waals surface area contributed by atoms with E-state index in [-0.39, 0.29) is 0 Å². The fourth-order valence-electron chi connectivity index (χ4n) is 6.91. The molecule has 0 saturated carbocycles. The molecule has 40 heavy (non-hydrogen) atoms. The molecule has 1 aliphatic carbocycles. The molecule has 0 unspecified atom stereocenters. The van der Waals surface area contributed by atoms with Crippen LogP contribution in [0.15, 0.2) is 146 Å². The van der Waals surface area contributed by atoms with Crippen molar-refractivity contribution >= 4 is 17.1 Å². The molecular formula is C38H24N2. The Hall–Kier alpha value is -5.39. The lowest BCUT2D eigenvalue weighted by Crippen LogP contribution is -2.36. The van der Waals surface area contributed by atoms with Crippen molar-refractivity contribution in [3.63, 3.8) is 0 Å². The standard InChI is InChI=1S/C38H24N2/c39-25-26-11-10-12-27(23-26)28-21-22-35-37(24-28)40(29-13-2-1-3-14-29)36-20-9-8-19-34(36)38(35)32-17-6-4-15-30(32)31-16-5-7-18-33(31)38/h1-24H. The van der Waals surface area contributed by atoms with E-state index in [0.29, 0.717) is 5.56 Å². The van der Waals surface area contributed by atoms with Gasteiger partial charge < -0.3 is 4.90 Å². The van der Waals surface area contributed by atoms with Crippen LogP contribution in [0.25, 0.3) is 22.3 Å². The number of fused-ring (bicyclic) bond motifs is 9. The van der Waals surface area contributed by atoms with Crippen molar-refractivity contribution in [2.45, 2.75) is 5.41 Å². The van der Waals surface area contributed by atoms with Gasteiger partial charge in [-0.2, -0.15) is 5.26 Å². The minimum Gasteiger partial charge on any atom is -0.310 e. The molecule has 2 heteroatoms. The Bertz CT molecular complexity index is 1930. The van der Waals surface area contributed by atoms with E-state index in [9.17, 15) is 5.26 Å². The van der Waals surface area contributed by atoms with Crippen molar-refractivity contribution in [3.05, 3.63) is 173 Å². The predicted octanol–water partition coefficient (Wildman–Crippen LogP) is 9.37. The Morgan fingerprint density at radius 3 is 1.80 bits per heavy atom. The molecule has 8 rings (SSSR count). The molecule has 6 aromatic carbocycles. The molecule has 2 aliphatic rings. The number of nitrogens with zero attached hydrogens (tertiary/aromatic N) is 2. The van der Waals surface area contributed by atoms with Gasteiger partial charge in [-0.05, 0) is 80.9 Å². The van der Waals surface area contributed by atoms with Crippen LogP contribution in [0.3, 0.4) is 0 Å². The van der Waals surface area contributed by atoms with Crippen molar-refractivity contribution in [2.75, 3.05) is 4.90 Å². The number of rotatable bonds is 2. The monoisotopic (exact) mass is 508 g/mol. The highest BCUT2D eigenvalue weighted by Crippen LogP contribution is 2.63. The fraction of sp³-hybridized carbons (Fsp3) is 0.0263. The summed E-state index contributed by atoms with van der Waals surface area (Å²) in [5, 5.41) is 9.57. The molecule has 2 nitrogen and oxygen atoms in total. The summed E-state index contributed by atoms with van der Waals surface area (Å²) in [6, 6.07) is 54.2. The van der Waals surface area contributed by atoms with Crippen LogP contribution < -0.4 is 4.90 Å². The first-order valence-electron chi connectivity index (χ1n) is 13.6. The highest BCUT2D eigenvalue weighted by Gasteiger charge is 2.51. The van der Waals surface area contributed by atoms with Crippen molar-refractivity contribution in [1.29, 1.82) is 5.26 Å². The van der Waals surface area contributed by atoms with Crippen molar-refractivity contribution in [2.24, 2.45) is 0 Å². The number of benzene rings is 6. The molecule has 0 aromatic heterocycles. The number of hydrogen-bond acceptors (Lipinski definition) is 2. The molecule has 186 valence electrons. The molecule has 0 amide bonds. The van der Waals surface area contributed by atoms with Gasteiger partial charge in [0, 0.05) is 5.69 Å². The number of hydrogen-bond donors (Lipinski definition) is 0. The Kier molecular flexibility index (Phi) is 4.83. The quantitative estimate of drug-likeness (QED) is 0.233. The summed E-state index contributed by atoms with van der Waals surface area (Å²) in [6.07, 6.45) is 0. The Morgan fingerprint density at radius 2 is 1.07 bits per heavy atom. The molecule has 1 heterocycles. The van der Waals surface area contributed by atoms with E-state index in [1.165, 1.54) is 39.1 Å². The van der Waals surface area contributed by atoms with Gasteiger partial charge in [-0.25, -0.2) is 0 Å². The molecule has 1 aliphatic heterocycles. The van der Waals surface area contributed by atoms with Crippen LogP contribution >= 0.6 is 0 Å². The molecule has 0 bridgehead atoms. The van der Waals surface area contributed by atoms with Crippen LogP contribution in [0.4, 0.5) is 17.1 Å². The van der Waals surface area contributed by atoms with Gasteiger partial charge in [-0.15, -0.1) is 0 Å². The maximum atomic E-state index is 9.57. The smallest absolute Gasteiger partial charge is 0.0991 e. The number of nitriles is 1. The molecule has 0 saturated heterocycles. The van der Waals surface area contributed by atoms with Gasteiger partial charge in [0.05, 0.1) is 28.4 Å². The van der Waals surface area contributed by atoms with Gasteiger partial charge in [0.2, 0.25) is 0 Å². The lowest BCUT2D eigenvalue weighted by Gasteiger charge is -2.45. The highest BCUT2D eigenvalue weighted by molar-refractivity contribution is 5.96. The summed E-state index contributed by atoms with van der Waals surface area (Å²) in [7, 11) is 0. The summed E-state index contributed by atoms with van der Waals surface area (Å²) in [5.74, 6) is 0. The summed E-state index contributed by atoms with van der Waals surface area (Å²) in [4.78, 5) is 2.40. The van der Waals surface area contributed by atoms with E-state index < -0.39 is 5.41 Å². The van der Waals surface area contributed by atoms with E-state index >= 15 is 0 Å². The molecule has 0 N–H and O–H groups in total. The first kappa shape index (κ1) is 22.6. The Balaban J connectivity index is 1.51. The van der Waals surface area contributed by atoms with E-state index in [1.54, 1.807) is 0 Å². The van der Waals surface area contributed by atoms with Crippen LogP contribution in [0.1, 0.15) is 27.8 Å². The summed E-state index contributed by atoms with van der Waals surface area (Å²) < 4.78 is 0. The maximum absolute atomic E-state index is 9.57. The normalized spacial score (nSPS) is 13.6. The molecule has 0 atom stereocenters. The van der Waals surface area contributed by atoms with Crippen LogP contribution in [0.5, 0.6) is 0 Å². The van der Waals surface area contributed by atoms with Crippen LogP contribution in [0.2, 0.25) is 0 Å². The first-order valence-corrected chi connectivity index (χ1v) is 13.6. The lowest BCUT2D eigenvalue weighted by molar-refractivity contribution is 0.753. The highest BCUT2D eigenvalue weighted by atomic mass is 15.2. The van der Waals surface area contributed by atoms with Crippen molar-refractivity contribution < 1.29 is 0 Å². The zero-order chi connectivity index (χ0) is 26.7. The topological polar surface area (TPSA) is 27.0 Å². The van der Waals surface area contributed by atoms with Gasteiger partial charge >= 0.3 is 0 Å².